The van der Waals surface area contributed by atoms with Crippen molar-refractivity contribution in [3.05, 3.63) is 29.8 Å². The Hall–Kier alpha value is -1.39. The number of anilines is 1. The van der Waals surface area contributed by atoms with E-state index in [4.69, 9.17) is 4.84 Å². The smallest absolute Gasteiger partial charge is 0.253 e. The van der Waals surface area contributed by atoms with Gasteiger partial charge in [0.25, 0.3) is 5.91 Å². The molecule has 1 saturated heterocycles. The summed E-state index contributed by atoms with van der Waals surface area (Å²) in [5.41, 5.74) is 1.25. The second kappa shape index (κ2) is 4.47. The average molecular weight is 235 g/mol. The van der Waals surface area contributed by atoms with Gasteiger partial charge in [0, 0.05) is 5.41 Å². The number of carbonyl (C=O) groups excluding carboxylic acids is 1. The Morgan fingerprint density at radius 3 is 2.71 bits per heavy atom. The first-order valence-electron chi connectivity index (χ1n) is 5.72. The van der Waals surface area contributed by atoms with Crippen molar-refractivity contribution in [3.63, 3.8) is 0 Å². The van der Waals surface area contributed by atoms with E-state index in [1.54, 1.807) is 0 Å². The predicted octanol–water partition coefficient (Wildman–Crippen LogP) is 1.62. The van der Waals surface area contributed by atoms with Crippen LogP contribution in [0.5, 0.6) is 0 Å². The number of amides is 1. The summed E-state index contributed by atoms with van der Waals surface area (Å²) in [5.74, 6) is -0.0359. The number of aliphatic hydroxyl groups is 1. The molecule has 0 saturated carbocycles. The van der Waals surface area contributed by atoms with Crippen molar-refractivity contribution in [1.29, 1.82) is 0 Å². The third kappa shape index (κ3) is 2.18. The summed E-state index contributed by atoms with van der Waals surface area (Å²) in [6, 6.07) is 7.52. The van der Waals surface area contributed by atoms with Crippen LogP contribution in [0.1, 0.15) is 25.8 Å². The molecular formula is C13H17NO3. The highest BCUT2D eigenvalue weighted by atomic mass is 16.7. The van der Waals surface area contributed by atoms with Crippen molar-refractivity contribution >= 4 is 11.6 Å². The van der Waals surface area contributed by atoms with E-state index in [0.717, 1.165) is 11.3 Å². The van der Waals surface area contributed by atoms with Crippen LogP contribution in [-0.2, 0) is 15.0 Å². The monoisotopic (exact) mass is 235 g/mol. The fourth-order valence-electron chi connectivity index (χ4n) is 1.91. The van der Waals surface area contributed by atoms with Crippen molar-refractivity contribution in [2.75, 3.05) is 18.3 Å². The maximum absolute atomic E-state index is 11.7. The van der Waals surface area contributed by atoms with Gasteiger partial charge < -0.3 is 5.11 Å². The minimum atomic E-state index is -0.400. The maximum Gasteiger partial charge on any atom is 0.253 e. The molecule has 0 unspecified atom stereocenters. The molecule has 17 heavy (non-hydrogen) atoms. The fraction of sp³-hybridized carbons (Fsp3) is 0.462. The molecule has 0 aliphatic carbocycles. The zero-order valence-corrected chi connectivity index (χ0v) is 10.1. The molecule has 1 aromatic rings. The lowest BCUT2D eigenvalue weighted by atomic mass is 9.84. The minimum absolute atomic E-state index is 0.0199. The number of nitrogens with zero attached hydrogens (tertiary/aromatic N) is 1. The van der Waals surface area contributed by atoms with E-state index in [1.807, 2.05) is 38.1 Å². The maximum atomic E-state index is 11.7. The molecule has 2 rings (SSSR count). The number of hydrogen-bond acceptors (Lipinski definition) is 3. The summed E-state index contributed by atoms with van der Waals surface area (Å²) in [4.78, 5) is 17.0. The number of benzene rings is 1. The van der Waals surface area contributed by atoms with Gasteiger partial charge in [0.15, 0.2) is 0 Å². The quantitative estimate of drug-likeness (QED) is 0.866. The van der Waals surface area contributed by atoms with Gasteiger partial charge in [-0.1, -0.05) is 32.0 Å². The Balaban J connectivity index is 2.44. The van der Waals surface area contributed by atoms with Crippen LogP contribution >= 0.6 is 0 Å². The molecule has 0 radical (unpaired) electrons. The SMILES string of the molecule is CC(C)(CO)c1ccccc1N1OCCC1=O. The van der Waals surface area contributed by atoms with Crippen molar-refractivity contribution in [2.45, 2.75) is 25.7 Å². The van der Waals surface area contributed by atoms with E-state index in [-0.39, 0.29) is 12.5 Å². The lowest BCUT2D eigenvalue weighted by molar-refractivity contribution is -0.119. The summed E-state index contributed by atoms with van der Waals surface area (Å²) < 4.78 is 0. The molecule has 0 spiro atoms. The highest BCUT2D eigenvalue weighted by Crippen LogP contribution is 2.33. The van der Waals surface area contributed by atoms with Gasteiger partial charge in [0.1, 0.15) is 0 Å². The first-order valence-corrected chi connectivity index (χ1v) is 5.72. The molecule has 1 aliphatic heterocycles. The number of hydroxylamine groups is 1. The molecule has 1 aliphatic rings. The van der Waals surface area contributed by atoms with Crippen molar-refractivity contribution < 1.29 is 14.7 Å². The van der Waals surface area contributed by atoms with Gasteiger partial charge in [-0.3, -0.25) is 9.63 Å². The molecule has 1 heterocycles. The lowest BCUT2D eigenvalue weighted by Crippen LogP contribution is -2.29. The molecule has 1 N–H and O–H groups in total. The highest BCUT2D eigenvalue weighted by molar-refractivity contribution is 5.93. The zero-order chi connectivity index (χ0) is 12.5. The standard InChI is InChI=1S/C13H17NO3/c1-13(2,9-15)10-5-3-4-6-11(10)14-12(16)7-8-17-14/h3-6,15H,7-9H2,1-2H3. The van der Waals surface area contributed by atoms with E-state index in [9.17, 15) is 9.90 Å². The van der Waals surface area contributed by atoms with Gasteiger partial charge in [-0.2, -0.15) is 5.06 Å². The van der Waals surface area contributed by atoms with Crippen LogP contribution in [0.2, 0.25) is 0 Å². The molecule has 92 valence electrons. The second-order valence-electron chi connectivity index (χ2n) is 4.83. The fourth-order valence-corrected chi connectivity index (χ4v) is 1.91. The first-order chi connectivity index (χ1) is 8.06. The molecule has 1 amide bonds. The Kier molecular flexibility index (Phi) is 3.17. The van der Waals surface area contributed by atoms with Gasteiger partial charge in [-0.15, -0.1) is 0 Å². The van der Waals surface area contributed by atoms with Crippen LogP contribution in [0.25, 0.3) is 0 Å². The summed E-state index contributed by atoms with van der Waals surface area (Å²) >= 11 is 0. The lowest BCUT2D eigenvalue weighted by Gasteiger charge is -2.28. The number of hydrogen-bond donors (Lipinski definition) is 1. The molecule has 1 fully saturated rings. The average Bonchev–Trinajstić information content (AvgIpc) is 2.75. The van der Waals surface area contributed by atoms with Crippen molar-refractivity contribution in [1.82, 2.24) is 0 Å². The zero-order valence-electron chi connectivity index (χ0n) is 10.1. The summed E-state index contributed by atoms with van der Waals surface area (Å²) in [7, 11) is 0. The largest absolute Gasteiger partial charge is 0.395 e. The van der Waals surface area contributed by atoms with Gasteiger partial charge in [-0.05, 0) is 11.6 Å². The molecular weight excluding hydrogens is 218 g/mol. The predicted molar refractivity (Wildman–Crippen MR) is 64.6 cm³/mol. The number of carbonyl (C=O) groups is 1. The topological polar surface area (TPSA) is 49.8 Å². The number of para-hydroxylation sites is 1. The van der Waals surface area contributed by atoms with Crippen LogP contribution in [0.15, 0.2) is 24.3 Å². The summed E-state index contributed by atoms with van der Waals surface area (Å²) in [6.07, 6.45) is 0.411. The second-order valence-corrected chi connectivity index (χ2v) is 4.83. The normalized spacial score (nSPS) is 16.6. The van der Waals surface area contributed by atoms with Crippen LogP contribution in [-0.4, -0.2) is 24.2 Å². The molecule has 4 heteroatoms. The molecule has 0 atom stereocenters. The Bertz CT molecular complexity index is 428. The Labute approximate surface area is 101 Å². The first kappa shape index (κ1) is 12.1. The van der Waals surface area contributed by atoms with Crippen molar-refractivity contribution in [3.8, 4) is 0 Å². The minimum Gasteiger partial charge on any atom is -0.395 e. The molecule has 0 bridgehead atoms. The number of aliphatic hydroxyl groups excluding tert-OH is 1. The highest BCUT2D eigenvalue weighted by Gasteiger charge is 2.30. The van der Waals surface area contributed by atoms with E-state index >= 15 is 0 Å². The molecule has 0 aromatic heterocycles. The molecule has 1 aromatic carbocycles. The Morgan fingerprint density at radius 2 is 2.12 bits per heavy atom. The Morgan fingerprint density at radius 1 is 1.41 bits per heavy atom. The van der Waals surface area contributed by atoms with Crippen LogP contribution in [0.3, 0.4) is 0 Å². The van der Waals surface area contributed by atoms with Crippen LogP contribution < -0.4 is 5.06 Å². The third-order valence-corrected chi connectivity index (χ3v) is 3.01. The van der Waals surface area contributed by atoms with E-state index < -0.39 is 5.41 Å². The molecule has 4 nitrogen and oxygen atoms in total. The summed E-state index contributed by atoms with van der Waals surface area (Å²) in [5, 5.41) is 10.8. The summed E-state index contributed by atoms with van der Waals surface area (Å²) in [6.45, 7) is 4.32. The van der Waals surface area contributed by atoms with Gasteiger partial charge in [0.2, 0.25) is 0 Å². The van der Waals surface area contributed by atoms with Crippen LogP contribution in [0, 0.1) is 0 Å². The number of rotatable bonds is 3. The van der Waals surface area contributed by atoms with Gasteiger partial charge >= 0.3 is 0 Å². The van der Waals surface area contributed by atoms with Gasteiger partial charge in [0.05, 0.1) is 25.3 Å². The van der Waals surface area contributed by atoms with Crippen molar-refractivity contribution in [2.24, 2.45) is 0 Å². The van der Waals surface area contributed by atoms with Gasteiger partial charge in [-0.25, -0.2) is 0 Å². The van der Waals surface area contributed by atoms with Crippen LogP contribution in [0.4, 0.5) is 5.69 Å². The third-order valence-electron chi connectivity index (χ3n) is 3.01. The van der Waals surface area contributed by atoms with E-state index in [1.165, 1.54) is 5.06 Å². The van der Waals surface area contributed by atoms with E-state index in [2.05, 4.69) is 0 Å². The van der Waals surface area contributed by atoms with E-state index in [0.29, 0.717) is 13.0 Å².